The molecule has 0 bridgehead atoms. The molecule has 5 heteroatoms. The van der Waals surface area contributed by atoms with E-state index in [0.29, 0.717) is 16.7 Å². The van der Waals surface area contributed by atoms with Crippen molar-refractivity contribution >= 4 is 16.9 Å². The molecule has 1 heterocycles. The van der Waals surface area contributed by atoms with Gasteiger partial charge in [0.2, 0.25) is 0 Å². The molecule has 0 saturated heterocycles. The van der Waals surface area contributed by atoms with Crippen molar-refractivity contribution in [3.8, 4) is 0 Å². The van der Waals surface area contributed by atoms with Crippen LogP contribution < -0.4 is 5.56 Å². The van der Waals surface area contributed by atoms with E-state index >= 15 is 0 Å². The first-order valence-corrected chi connectivity index (χ1v) is 5.23. The maximum Gasteiger partial charge on any atom is 0.326 e. The average molecular weight is 232 g/mol. The SMILES string of the molecule is Cc1nc(=O)c2ccccc2n1C(C)C(=O)O. The van der Waals surface area contributed by atoms with Crippen molar-refractivity contribution in [2.45, 2.75) is 19.9 Å². The van der Waals surface area contributed by atoms with E-state index in [1.54, 1.807) is 42.7 Å². The Bertz CT molecular complexity index is 646. The van der Waals surface area contributed by atoms with Crippen LogP contribution in [0, 0.1) is 6.92 Å². The zero-order valence-corrected chi connectivity index (χ0v) is 9.54. The molecule has 0 aliphatic heterocycles. The minimum Gasteiger partial charge on any atom is -0.480 e. The van der Waals surface area contributed by atoms with Crippen LogP contribution in [0.2, 0.25) is 0 Å². The maximum absolute atomic E-state index is 11.7. The summed E-state index contributed by atoms with van der Waals surface area (Å²) in [7, 11) is 0. The number of aryl methyl sites for hydroxylation is 1. The molecule has 1 unspecified atom stereocenters. The molecule has 2 rings (SSSR count). The predicted molar refractivity (Wildman–Crippen MR) is 63.1 cm³/mol. The lowest BCUT2D eigenvalue weighted by molar-refractivity contribution is -0.140. The smallest absolute Gasteiger partial charge is 0.326 e. The molecule has 0 amide bonds. The number of carboxylic acids is 1. The van der Waals surface area contributed by atoms with Crippen LogP contribution in [0.15, 0.2) is 29.1 Å². The Hall–Kier alpha value is -2.17. The lowest BCUT2D eigenvalue weighted by atomic mass is 10.2. The Balaban J connectivity index is 2.87. The molecule has 5 nitrogen and oxygen atoms in total. The van der Waals surface area contributed by atoms with Gasteiger partial charge in [-0.25, -0.2) is 4.79 Å². The molecular weight excluding hydrogens is 220 g/mol. The summed E-state index contributed by atoms with van der Waals surface area (Å²) >= 11 is 0. The van der Waals surface area contributed by atoms with Gasteiger partial charge >= 0.3 is 5.97 Å². The van der Waals surface area contributed by atoms with Crippen LogP contribution in [0.4, 0.5) is 0 Å². The van der Waals surface area contributed by atoms with Gasteiger partial charge in [-0.05, 0) is 26.0 Å². The molecule has 17 heavy (non-hydrogen) atoms. The third kappa shape index (κ3) is 1.80. The highest BCUT2D eigenvalue weighted by atomic mass is 16.4. The van der Waals surface area contributed by atoms with Gasteiger partial charge in [-0.15, -0.1) is 0 Å². The van der Waals surface area contributed by atoms with E-state index in [-0.39, 0.29) is 5.56 Å². The van der Waals surface area contributed by atoms with Gasteiger partial charge in [0.1, 0.15) is 11.9 Å². The summed E-state index contributed by atoms with van der Waals surface area (Å²) in [6.45, 7) is 3.20. The van der Waals surface area contributed by atoms with Crippen molar-refractivity contribution in [2.75, 3.05) is 0 Å². The van der Waals surface area contributed by atoms with E-state index in [4.69, 9.17) is 5.11 Å². The minimum atomic E-state index is -0.955. The van der Waals surface area contributed by atoms with Crippen LogP contribution in [0.3, 0.4) is 0 Å². The monoisotopic (exact) mass is 232 g/mol. The van der Waals surface area contributed by atoms with Crippen LogP contribution >= 0.6 is 0 Å². The first kappa shape index (κ1) is 11.3. The number of carbonyl (C=O) groups is 1. The summed E-state index contributed by atoms with van der Waals surface area (Å²) < 4.78 is 1.55. The first-order chi connectivity index (χ1) is 8.02. The second kappa shape index (κ2) is 4.01. The van der Waals surface area contributed by atoms with Crippen molar-refractivity contribution in [3.63, 3.8) is 0 Å². The molecule has 0 radical (unpaired) electrons. The normalized spacial score (nSPS) is 12.6. The quantitative estimate of drug-likeness (QED) is 0.848. The van der Waals surface area contributed by atoms with E-state index < -0.39 is 12.0 Å². The van der Waals surface area contributed by atoms with Crippen molar-refractivity contribution in [1.29, 1.82) is 0 Å². The molecule has 2 aromatic rings. The van der Waals surface area contributed by atoms with Gasteiger partial charge in [-0.3, -0.25) is 4.79 Å². The summed E-state index contributed by atoms with van der Waals surface area (Å²) in [5, 5.41) is 9.50. The highest BCUT2D eigenvalue weighted by Gasteiger charge is 2.18. The molecule has 0 aliphatic rings. The number of para-hydroxylation sites is 1. The third-order valence-electron chi connectivity index (χ3n) is 2.75. The van der Waals surface area contributed by atoms with Crippen LogP contribution in [0.5, 0.6) is 0 Å². The Morgan fingerprint density at radius 2 is 2.06 bits per heavy atom. The summed E-state index contributed by atoms with van der Waals surface area (Å²) in [5.74, 6) is -0.549. The molecule has 0 saturated carbocycles. The fourth-order valence-corrected chi connectivity index (χ4v) is 1.90. The van der Waals surface area contributed by atoms with Crippen LogP contribution in [0.1, 0.15) is 18.8 Å². The fraction of sp³-hybridized carbons (Fsp3) is 0.250. The molecule has 1 atom stereocenters. The van der Waals surface area contributed by atoms with E-state index in [2.05, 4.69) is 4.98 Å². The summed E-state index contributed by atoms with van der Waals surface area (Å²) in [6.07, 6.45) is 0. The van der Waals surface area contributed by atoms with Gasteiger partial charge < -0.3 is 9.67 Å². The van der Waals surface area contributed by atoms with Crippen molar-refractivity contribution in [2.24, 2.45) is 0 Å². The molecule has 1 N–H and O–H groups in total. The molecule has 1 aromatic heterocycles. The van der Waals surface area contributed by atoms with E-state index in [0.717, 1.165) is 0 Å². The summed E-state index contributed by atoms with van der Waals surface area (Å²) in [6, 6.07) is 6.12. The van der Waals surface area contributed by atoms with Gasteiger partial charge in [0, 0.05) is 0 Å². The standard InChI is InChI=1S/C12H12N2O3/c1-7(12(16)17)14-8(2)13-11(15)9-5-3-4-6-10(9)14/h3-7H,1-2H3,(H,16,17). The van der Waals surface area contributed by atoms with Crippen LogP contribution in [0.25, 0.3) is 10.9 Å². The molecule has 0 fully saturated rings. The number of rotatable bonds is 2. The summed E-state index contributed by atoms with van der Waals surface area (Å²) in [4.78, 5) is 26.6. The van der Waals surface area contributed by atoms with Gasteiger partial charge in [-0.2, -0.15) is 4.98 Å². The highest BCUT2D eigenvalue weighted by molar-refractivity contribution is 5.81. The van der Waals surface area contributed by atoms with Crippen molar-refractivity contribution < 1.29 is 9.90 Å². The zero-order valence-electron chi connectivity index (χ0n) is 9.54. The lowest BCUT2D eigenvalue weighted by Crippen LogP contribution is -2.23. The number of aliphatic carboxylic acids is 1. The van der Waals surface area contributed by atoms with E-state index in [1.807, 2.05) is 0 Å². The number of nitrogens with zero attached hydrogens (tertiary/aromatic N) is 2. The molecule has 0 aliphatic carbocycles. The maximum atomic E-state index is 11.7. The number of benzene rings is 1. The first-order valence-electron chi connectivity index (χ1n) is 5.23. The Morgan fingerprint density at radius 3 is 2.71 bits per heavy atom. The number of fused-ring (bicyclic) bond motifs is 1. The second-order valence-electron chi connectivity index (χ2n) is 3.87. The average Bonchev–Trinajstić information content (AvgIpc) is 2.28. The van der Waals surface area contributed by atoms with Gasteiger partial charge in [-0.1, -0.05) is 12.1 Å². The zero-order chi connectivity index (χ0) is 12.6. The Morgan fingerprint density at radius 1 is 1.41 bits per heavy atom. The van der Waals surface area contributed by atoms with Crippen molar-refractivity contribution in [3.05, 3.63) is 40.4 Å². The predicted octanol–water partition coefficient (Wildman–Crippen LogP) is 1.35. The molecule has 0 spiro atoms. The second-order valence-corrected chi connectivity index (χ2v) is 3.87. The van der Waals surface area contributed by atoms with E-state index in [9.17, 15) is 9.59 Å². The minimum absolute atomic E-state index is 0.327. The number of hydrogen-bond acceptors (Lipinski definition) is 3. The molecular formula is C12H12N2O3. The van der Waals surface area contributed by atoms with Crippen LogP contribution in [-0.2, 0) is 4.79 Å². The number of hydrogen-bond donors (Lipinski definition) is 1. The Labute approximate surface area is 97.3 Å². The molecule has 1 aromatic carbocycles. The van der Waals surface area contributed by atoms with Crippen LogP contribution in [-0.4, -0.2) is 20.6 Å². The lowest BCUT2D eigenvalue weighted by Gasteiger charge is -2.17. The number of carboxylic acid groups (broad SMARTS) is 1. The Kier molecular flexibility index (Phi) is 2.67. The summed E-state index contributed by atoms with van der Waals surface area (Å²) in [5.41, 5.74) is 0.270. The topological polar surface area (TPSA) is 72.2 Å². The highest BCUT2D eigenvalue weighted by Crippen LogP contribution is 2.17. The third-order valence-corrected chi connectivity index (χ3v) is 2.75. The van der Waals surface area contributed by atoms with Gasteiger partial charge in [0.25, 0.3) is 5.56 Å². The largest absolute Gasteiger partial charge is 0.480 e. The van der Waals surface area contributed by atoms with Gasteiger partial charge in [0.05, 0.1) is 10.9 Å². The molecule has 88 valence electrons. The fourth-order valence-electron chi connectivity index (χ4n) is 1.90. The number of aromatic nitrogens is 2. The van der Waals surface area contributed by atoms with E-state index in [1.165, 1.54) is 0 Å². The van der Waals surface area contributed by atoms with Gasteiger partial charge in [0.15, 0.2) is 0 Å². The van der Waals surface area contributed by atoms with Crippen molar-refractivity contribution in [1.82, 2.24) is 9.55 Å².